The minimum atomic E-state index is -3.64. The number of nitrogen functional groups attached to an aromatic ring is 1. The number of benzene rings is 2. The molecule has 0 aliphatic heterocycles. The highest BCUT2D eigenvalue weighted by Crippen LogP contribution is 2.20. The predicted molar refractivity (Wildman–Crippen MR) is 113 cm³/mol. The molecule has 1 amide bonds. The zero-order valence-corrected chi connectivity index (χ0v) is 17.7. The molecule has 2 aromatic rings. The van der Waals surface area contributed by atoms with Gasteiger partial charge in [0.2, 0.25) is 10.0 Å². The SMILES string of the molecule is Cc1cc(NC(CCCCNS(=O)(=O)c2ccc(N)cc2)C(=O)NO)cc(C)c1F. The molecule has 0 bridgehead atoms. The Kier molecular flexibility index (Phi) is 8.16. The van der Waals surface area contributed by atoms with Gasteiger partial charge in [-0.15, -0.1) is 0 Å². The lowest BCUT2D eigenvalue weighted by molar-refractivity contribution is -0.130. The van der Waals surface area contributed by atoms with Gasteiger partial charge in [0.1, 0.15) is 11.9 Å². The Morgan fingerprint density at radius 2 is 1.73 bits per heavy atom. The van der Waals surface area contributed by atoms with Crippen LogP contribution in [-0.4, -0.2) is 32.1 Å². The van der Waals surface area contributed by atoms with Crippen molar-refractivity contribution < 1.29 is 22.8 Å². The topological polar surface area (TPSA) is 134 Å². The van der Waals surface area contributed by atoms with Gasteiger partial charge in [-0.05, 0) is 80.6 Å². The number of amides is 1. The summed E-state index contributed by atoms with van der Waals surface area (Å²) in [6.45, 7) is 3.44. The van der Waals surface area contributed by atoms with E-state index >= 15 is 0 Å². The molecule has 0 aliphatic rings. The number of hydrogen-bond donors (Lipinski definition) is 5. The summed E-state index contributed by atoms with van der Waals surface area (Å²) >= 11 is 0. The van der Waals surface area contributed by atoms with Crippen molar-refractivity contribution in [2.24, 2.45) is 0 Å². The van der Waals surface area contributed by atoms with Crippen LogP contribution in [0.2, 0.25) is 0 Å². The molecule has 6 N–H and O–H groups in total. The second kappa shape index (κ2) is 10.4. The summed E-state index contributed by atoms with van der Waals surface area (Å²) in [6, 6.07) is 8.29. The number of hydrogen-bond acceptors (Lipinski definition) is 6. The van der Waals surface area contributed by atoms with E-state index in [0.29, 0.717) is 41.8 Å². The highest BCUT2D eigenvalue weighted by Gasteiger charge is 2.19. The van der Waals surface area contributed by atoms with Crippen LogP contribution in [0.4, 0.5) is 15.8 Å². The minimum Gasteiger partial charge on any atom is -0.399 e. The van der Waals surface area contributed by atoms with Gasteiger partial charge in [0, 0.05) is 17.9 Å². The number of nitrogens with one attached hydrogen (secondary N) is 3. The molecule has 2 rings (SSSR count). The van der Waals surface area contributed by atoms with Gasteiger partial charge in [-0.2, -0.15) is 0 Å². The first kappa shape index (κ1) is 23.6. The minimum absolute atomic E-state index is 0.123. The molecule has 1 unspecified atom stereocenters. The van der Waals surface area contributed by atoms with Crippen LogP contribution in [0.25, 0.3) is 0 Å². The van der Waals surface area contributed by atoms with Crippen molar-refractivity contribution in [1.82, 2.24) is 10.2 Å². The summed E-state index contributed by atoms with van der Waals surface area (Å²) < 4.78 is 40.8. The summed E-state index contributed by atoms with van der Waals surface area (Å²) in [5, 5.41) is 12.0. The van der Waals surface area contributed by atoms with E-state index in [-0.39, 0.29) is 17.3 Å². The number of carbonyl (C=O) groups is 1. The van der Waals surface area contributed by atoms with E-state index in [9.17, 15) is 17.6 Å². The normalized spacial score (nSPS) is 12.4. The molecule has 164 valence electrons. The summed E-state index contributed by atoms with van der Waals surface area (Å²) in [5.74, 6) is -0.936. The summed E-state index contributed by atoms with van der Waals surface area (Å²) in [5.41, 5.74) is 9.10. The van der Waals surface area contributed by atoms with E-state index in [1.54, 1.807) is 31.5 Å². The van der Waals surface area contributed by atoms with Crippen LogP contribution in [0.5, 0.6) is 0 Å². The van der Waals surface area contributed by atoms with Crippen molar-refractivity contribution in [3.8, 4) is 0 Å². The summed E-state index contributed by atoms with van der Waals surface area (Å²) in [7, 11) is -3.64. The standard InChI is InChI=1S/C20H27FN4O4S/c1-13-11-16(12-14(2)19(13)21)24-18(20(26)25-27)5-3-4-10-23-30(28,29)17-8-6-15(22)7-9-17/h6-9,11-12,18,23-24,27H,3-5,10,22H2,1-2H3,(H,25,26). The van der Waals surface area contributed by atoms with Gasteiger partial charge in [-0.1, -0.05) is 0 Å². The van der Waals surface area contributed by atoms with Gasteiger partial charge < -0.3 is 11.1 Å². The van der Waals surface area contributed by atoms with Crippen molar-refractivity contribution in [3.63, 3.8) is 0 Å². The van der Waals surface area contributed by atoms with Crippen molar-refractivity contribution >= 4 is 27.3 Å². The smallest absolute Gasteiger partial charge is 0.265 e. The number of sulfonamides is 1. The number of rotatable bonds is 10. The molecule has 0 aliphatic carbocycles. The van der Waals surface area contributed by atoms with Crippen LogP contribution < -0.4 is 21.3 Å². The number of carbonyl (C=O) groups excluding carboxylic acids is 1. The molecule has 0 radical (unpaired) electrons. The molecule has 30 heavy (non-hydrogen) atoms. The predicted octanol–water partition coefficient (Wildman–Crippen LogP) is 2.46. The Morgan fingerprint density at radius 1 is 1.13 bits per heavy atom. The molecular formula is C20H27FN4O4S. The lowest BCUT2D eigenvalue weighted by Gasteiger charge is -2.19. The first-order valence-corrected chi connectivity index (χ1v) is 10.9. The van der Waals surface area contributed by atoms with Gasteiger partial charge in [0.25, 0.3) is 5.91 Å². The maximum absolute atomic E-state index is 13.8. The maximum Gasteiger partial charge on any atom is 0.265 e. The molecular weight excluding hydrogens is 411 g/mol. The summed E-state index contributed by atoms with van der Waals surface area (Å²) in [6.07, 6.45) is 1.33. The van der Waals surface area contributed by atoms with Gasteiger partial charge in [-0.3, -0.25) is 10.0 Å². The fraction of sp³-hybridized carbons (Fsp3) is 0.350. The average Bonchev–Trinajstić information content (AvgIpc) is 2.70. The lowest BCUT2D eigenvalue weighted by Crippen LogP contribution is -2.38. The first-order chi connectivity index (χ1) is 14.1. The van der Waals surface area contributed by atoms with Gasteiger partial charge >= 0.3 is 0 Å². The molecule has 0 aromatic heterocycles. The number of unbranched alkanes of at least 4 members (excludes halogenated alkanes) is 1. The third-order valence-electron chi connectivity index (χ3n) is 4.61. The van der Waals surface area contributed by atoms with E-state index in [0.717, 1.165) is 0 Å². The Bertz CT molecular complexity index is 958. The fourth-order valence-corrected chi connectivity index (χ4v) is 4.06. The molecule has 0 fully saturated rings. The molecule has 8 nitrogen and oxygen atoms in total. The van der Waals surface area contributed by atoms with Crippen LogP contribution in [0, 0.1) is 19.7 Å². The Hall–Kier alpha value is -2.69. The second-order valence-corrected chi connectivity index (χ2v) is 8.83. The third kappa shape index (κ3) is 6.41. The Balaban J connectivity index is 1.89. The number of halogens is 1. The van der Waals surface area contributed by atoms with Crippen molar-refractivity contribution in [1.29, 1.82) is 0 Å². The number of hydroxylamine groups is 1. The van der Waals surface area contributed by atoms with Crippen LogP contribution >= 0.6 is 0 Å². The van der Waals surface area contributed by atoms with E-state index < -0.39 is 22.0 Å². The zero-order chi connectivity index (χ0) is 22.3. The van der Waals surface area contributed by atoms with Crippen LogP contribution in [0.1, 0.15) is 30.4 Å². The molecule has 1 atom stereocenters. The van der Waals surface area contributed by atoms with E-state index in [2.05, 4.69) is 10.0 Å². The number of anilines is 2. The highest BCUT2D eigenvalue weighted by atomic mass is 32.2. The Labute approximate surface area is 175 Å². The van der Waals surface area contributed by atoms with Crippen molar-refractivity contribution in [2.45, 2.75) is 44.0 Å². The van der Waals surface area contributed by atoms with Gasteiger partial charge in [-0.25, -0.2) is 23.0 Å². The zero-order valence-electron chi connectivity index (χ0n) is 16.9. The molecule has 0 saturated heterocycles. The van der Waals surface area contributed by atoms with Crippen LogP contribution in [-0.2, 0) is 14.8 Å². The molecule has 0 heterocycles. The van der Waals surface area contributed by atoms with E-state index in [1.807, 2.05) is 0 Å². The molecule has 10 heteroatoms. The largest absolute Gasteiger partial charge is 0.399 e. The third-order valence-corrected chi connectivity index (χ3v) is 6.08. The van der Waals surface area contributed by atoms with E-state index in [4.69, 9.17) is 10.9 Å². The van der Waals surface area contributed by atoms with Crippen LogP contribution in [0.3, 0.4) is 0 Å². The second-order valence-electron chi connectivity index (χ2n) is 7.06. The van der Waals surface area contributed by atoms with Crippen LogP contribution in [0.15, 0.2) is 41.3 Å². The Morgan fingerprint density at radius 3 is 2.30 bits per heavy atom. The molecule has 2 aromatic carbocycles. The fourth-order valence-electron chi connectivity index (χ4n) is 2.99. The lowest BCUT2D eigenvalue weighted by atomic mass is 10.1. The first-order valence-electron chi connectivity index (χ1n) is 9.46. The molecule has 0 spiro atoms. The monoisotopic (exact) mass is 438 g/mol. The maximum atomic E-state index is 13.8. The van der Waals surface area contributed by atoms with Crippen molar-refractivity contribution in [3.05, 3.63) is 53.3 Å². The van der Waals surface area contributed by atoms with Crippen molar-refractivity contribution in [2.75, 3.05) is 17.6 Å². The highest BCUT2D eigenvalue weighted by molar-refractivity contribution is 7.89. The van der Waals surface area contributed by atoms with Gasteiger partial charge in [0.05, 0.1) is 4.90 Å². The summed E-state index contributed by atoms with van der Waals surface area (Å²) in [4.78, 5) is 12.1. The van der Waals surface area contributed by atoms with E-state index in [1.165, 1.54) is 24.3 Å². The molecule has 0 saturated carbocycles. The number of aryl methyl sites for hydroxylation is 2. The van der Waals surface area contributed by atoms with Gasteiger partial charge in [0.15, 0.2) is 0 Å². The number of nitrogens with two attached hydrogens (primary N) is 1. The quantitative estimate of drug-likeness (QED) is 0.167. The average molecular weight is 439 g/mol.